The molecule has 28 heavy (non-hydrogen) atoms. The van der Waals surface area contributed by atoms with E-state index in [0.717, 1.165) is 5.56 Å². The third-order valence-corrected chi connectivity index (χ3v) is 5.73. The zero-order valence-electron chi connectivity index (χ0n) is 15.0. The lowest BCUT2D eigenvalue weighted by molar-refractivity contribution is -0.122. The summed E-state index contributed by atoms with van der Waals surface area (Å²) >= 11 is 12.7. The lowest BCUT2D eigenvalue weighted by atomic mass is 10.2. The average molecular weight is 433 g/mol. The number of methoxy groups -OCH3 is 1. The molecule has 2 amide bonds. The fourth-order valence-electron chi connectivity index (χ4n) is 2.60. The summed E-state index contributed by atoms with van der Waals surface area (Å²) in [5.74, 6) is 0.123. The van der Waals surface area contributed by atoms with Gasteiger partial charge in [-0.05, 0) is 29.8 Å². The van der Waals surface area contributed by atoms with Crippen LogP contribution in [0.25, 0.3) is 6.08 Å². The normalized spacial score (nSPS) is 15.2. The first-order valence-electron chi connectivity index (χ1n) is 8.42. The predicted molar refractivity (Wildman–Crippen MR) is 118 cm³/mol. The topological polar surface area (TPSA) is 58.6 Å². The van der Waals surface area contributed by atoms with E-state index >= 15 is 0 Å². The van der Waals surface area contributed by atoms with Gasteiger partial charge < -0.3 is 10.1 Å². The summed E-state index contributed by atoms with van der Waals surface area (Å²) in [5, 5.41) is 3.35. The van der Waals surface area contributed by atoms with E-state index in [-0.39, 0.29) is 24.8 Å². The number of benzene rings is 2. The number of anilines is 1. The molecule has 5 nitrogen and oxygen atoms in total. The molecule has 0 saturated carbocycles. The minimum atomic E-state index is -0.228. The first kappa shape index (κ1) is 20.4. The smallest absolute Gasteiger partial charge is 0.266 e. The van der Waals surface area contributed by atoms with Crippen molar-refractivity contribution < 1.29 is 14.3 Å². The van der Waals surface area contributed by atoms with Gasteiger partial charge in [0.25, 0.3) is 5.91 Å². The van der Waals surface area contributed by atoms with Crippen LogP contribution in [0.3, 0.4) is 0 Å². The van der Waals surface area contributed by atoms with Crippen LogP contribution in [0.4, 0.5) is 5.69 Å². The minimum absolute atomic E-state index is 0.115. The van der Waals surface area contributed by atoms with Crippen LogP contribution in [0.15, 0.2) is 53.4 Å². The van der Waals surface area contributed by atoms with Gasteiger partial charge in [0.05, 0.1) is 17.7 Å². The summed E-state index contributed by atoms with van der Waals surface area (Å²) in [6, 6.07) is 14.4. The first-order chi connectivity index (χ1) is 13.5. The quantitative estimate of drug-likeness (QED) is 0.535. The van der Waals surface area contributed by atoms with E-state index in [9.17, 15) is 9.59 Å². The number of thiocarbonyl (C=S) groups is 1. The summed E-state index contributed by atoms with van der Waals surface area (Å²) in [7, 11) is 1.54. The van der Waals surface area contributed by atoms with E-state index in [0.29, 0.717) is 25.7 Å². The fourth-order valence-corrected chi connectivity index (χ4v) is 4.09. The van der Waals surface area contributed by atoms with Gasteiger partial charge in [0.15, 0.2) is 0 Å². The Morgan fingerprint density at radius 2 is 1.96 bits per heavy atom. The van der Waals surface area contributed by atoms with Crippen LogP contribution in [-0.4, -0.2) is 34.7 Å². The molecule has 1 heterocycles. The van der Waals surface area contributed by atoms with Gasteiger partial charge in [0.2, 0.25) is 5.91 Å². The molecular weight excluding hydrogens is 416 g/mol. The van der Waals surface area contributed by atoms with Gasteiger partial charge >= 0.3 is 0 Å². The monoisotopic (exact) mass is 432 g/mol. The van der Waals surface area contributed by atoms with Crippen molar-refractivity contribution in [2.24, 2.45) is 0 Å². The Balaban J connectivity index is 1.63. The zero-order chi connectivity index (χ0) is 20.1. The molecule has 0 atom stereocenters. The highest BCUT2D eigenvalue weighted by molar-refractivity contribution is 8.26. The number of nitrogens with one attached hydrogen (secondary N) is 1. The molecule has 0 radical (unpaired) electrons. The average Bonchev–Trinajstić information content (AvgIpc) is 2.95. The van der Waals surface area contributed by atoms with E-state index < -0.39 is 0 Å². The Morgan fingerprint density at radius 3 is 2.71 bits per heavy atom. The number of nitrogens with zero attached hydrogens (tertiary/aromatic N) is 1. The number of ether oxygens (including phenoxy) is 1. The second-order valence-electron chi connectivity index (χ2n) is 5.85. The van der Waals surface area contributed by atoms with E-state index in [1.165, 1.54) is 23.8 Å². The maximum absolute atomic E-state index is 12.7. The third kappa shape index (κ3) is 4.73. The van der Waals surface area contributed by atoms with E-state index in [1.807, 2.05) is 24.3 Å². The molecule has 0 aliphatic carbocycles. The molecule has 0 bridgehead atoms. The minimum Gasteiger partial charge on any atom is -0.495 e. The lowest BCUT2D eigenvalue weighted by Gasteiger charge is -2.15. The van der Waals surface area contributed by atoms with Gasteiger partial charge in [0, 0.05) is 18.0 Å². The molecule has 1 saturated heterocycles. The van der Waals surface area contributed by atoms with Gasteiger partial charge in [0.1, 0.15) is 10.1 Å². The highest BCUT2D eigenvalue weighted by atomic mass is 35.5. The fraction of sp³-hybridized carbons (Fsp3) is 0.150. The number of rotatable bonds is 6. The first-order valence-corrected chi connectivity index (χ1v) is 10.0. The number of amides is 2. The molecular formula is C20H17ClN2O3S2. The van der Waals surface area contributed by atoms with E-state index in [2.05, 4.69) is 5.32 Å². The van der Waals surface area contributed by atoms with Crippen molar-refractivity contribution in [3.63, 3.8) is 0 Å². The molecule has 2 aromatic carbocycles. The van der Waals surface area contributed by atoms with Crippen molar-refractivity contribution in [1.29, 1.82) is 0 Å². The Labute approximate surface area is 177 Å². The predicted octanol–water partition coefficient (Wildman–Crippen LogP) is 4.58. The molecule has 1 aliphatic rings. The van der Waals surface area contributed by atoms with Crippen LogP contribution in [0.1, 0.15) is 12.0 Å². The molecule has 8 heteroatoms. The number of para-hydroxylation sites is 2. The van der Waals surface area contributed by atoms with E-state index in [1.54, 1.807) is 30.3 Å². The van der Waals surface area contributed by atoms with Crippen molar-refractivity contribution in [3.05, 3.63) is 64.0 Å². The van der Waals surface area contributed by atoms with Crippen LogP contribution in [0.2, 0.25) is 5.02 Å². The van der Waals surface area contributed by atoms with Crippen LogP contribution in [0.5, 0.6) is 5.75 Å². The number of hydrogen-bond acceptors (Lipinski definition) is 5. The summed E-state index contributed by atoms with van der Waals surface area (Å²) in [5.41, 5.74) is 1.33. The SMILES string of the molecule is COc1ccccc1NC(=O)CCN1C(=O)/C(=C/c2ccccc2Cl)SC1=S. The van der Waals surface area contributed by atoms with Crippen molar-refractivity contribution in [1.82, 2.24) is 4.90 Å². The maximum atomic E-state index is 12.7. The Morgan fingerprint density at radius 1 is 1.25 bits per heavy atom. The number of carbonyl (C=O) groups is 2. The Kier molecular flexibility index (Phi) is 6.72. The van der Waals surface area contributed by atoms with Crippen LogP contribution < -0.4 is 10.1 Å². The molecule has 1 N–H and O–H groups in total. The van der Waals surface area contributed by atoms with Crippen LogP contribution in [0, 0.1) is 0 Å². The van der Waals surface area contributed by atoms with Crippen LogP contribution in [-0.2, 0) is 9.59 Å². The van der Waals surface area contributed by atoms with Crippen molar-refractivity contribution >= 4 is 63.5 Å². The Hall–Kier alpha value is -2.35. The lowest BCUT2D eigenvalue weighted by Crippen LogP contribution is -2.31. The number of thioether (sulfide) groups is 1. The van der Waals surface area contributed by atoms with Crippen molar-refractivity contribution in [2.45, 2.75) is 6.42 Å². The molecule has 3 rings (SSSR count). The molecule has 1 fully saturated rings. The maximum Gasteiger partial charge on any atom is 0.266 e. The molecule has 0 unspecified atom stereocenters. The van der Waals surface area contributed by atoms with Gasteiger partial charge in [-0.25, -0.2) is 0 Å². The summed E-state index contributed by atoms with van der Waals surface area (Å²) in [6.45, 7) is 0.200. The van der Waals surface area contributed by atoms with Gasteiger partial charge in [-0.3, -0.25) is 14.5 Å². The number of hydrogen-bond donors (Lipinski definition) is 1. The second kappa shape index (κ2) is 9.23. The standard InChI is InChI=1S/C20H17ClN2O3S2/c1-26-16-9-5-4-8-15(16)22-18(24)10-11-23-19(25)17(28-20(23)27)12-13-6-2-3-7-14(13)21/h2-9,12H,10-11H2,1H3,(H,22,24)/b17-12-. The van der Waals surface area contributed by atoms with Crippen molar-refractivity contribution in [3.8, 4) is 5.75 Å². The largest absolute Gasteiger partial charge is 0.495 e. The van der Waals surface area contributed by atoms with Gasteiger partial charge in [-0.2, -0.15) is 0 Å². The van der Waals surface area contributed by atoms with Crippen LogP contribution >= 0.6 is 35.6 Å². The van der Waals surface area contributed by atoms with E-state index in [4.69, 9.17) is 28.6 Å². The number of carbonyl (C=O) groups excluding carboxylic acids is 2. The number of halogens is 1. The third-order valence-electron chi connectivity index (χ3n) is 4.01. The highest BCUT2D eigenvalue weighted by Crippen LogP contribution is 2.33. The summed E-state index contributed by atoms with van der Waals surface area (Å²) < 4.78 is 5.64. The second-order valence-corrected chi connectivity index (χ2v) is 7.94. The molecule has 144 valence electrons. The zero-order valence-corrected chi connectivity index (χ0v) is 17.4. The highest BCUT2D eigenvalue weighted by Gasteiger charge is 2.32. The van der Waals surface area contributed by atoms with Gasteiger partial charge in [-0.1, -0.05) is 65.9 Å². The molecule has 1 aliphatic heterocycles. The summed E-state index contributed by atoms with van der Waals surface area (Å²) in [4.78, 5) is 26.9. The van der Waals surface area contributed by atoms with Crippen molar-refractivity contribution in [2.75, 3.05) is 19.0 Å². The summed E-state index contributed by atoms with van der Waals surface area (Å²) in [6.07, 6.45) is 1.83. The molecule has 0 aromatic heterocycles. The Bertz CT molecular complexity index is 962. The molecule has 0 spiro atoms. The van der Waals surface area contributed by atoms with Gasteiger partial charge in [-0.15, -0.1) is 0 Å². The molecule has 2 aromatic rings.